The first kappa shape index (κ1) is 12.0. The predicted molar refractivity (Wildman–Crippen MR) is 69.7 cm³/mol. The number of rotatable bonds is 1. The number of amides is 1. The number of hydrogen-bond donors (Lipinski definition) is 1. The number of likely N-dealkylation sites (tertiary alicyclic amines) is 1. The highest BCUT2D eigenvalue weighted by atomic mass is 16.2. The average molecular weight is 232 g/mol. The minimum atomic E-state index is 0.128. The molecule has 2 unspecified atom stereocenters. The quantitative estimate of drug-likeness (QED) is 0.756. The zero-order valence-electron chi connectivity index (χ0n) is 10.5. The highest BCUT2D eigenvalue weighted by molar-refractivity contribution is 5.94. The molecule has 2 rings (SSSR count). The standard InChI is InChI=1S/C14H20N2O/c1-10-7-8-16(9-11(10)2)14(17)12-3-5-13(15)6-4-12/h3-6,10-11H,7-9,15H2,1-2H3. The molecule has 1 aliphatic rings. The molecular formula is C14H20N2O. The molecule has 3 heteroatoms. The molecule has 1 aromatic rings. The summed E-state index contributed by atoms with van der Waals surface area (Å²) in [5.41, 5.74) is 7.05. The van der Waals surface area contributed by atoms with Crippen LogP contribution in [-0.2, 0) is 0 Å². The molecule has 0 radical (unpaired) electrons. The van der Waals surface area contributed by atoms with Gasteiger partial charge in [-0.15, -0.1) is 0 Å². The molecule has 1 aliphatic heterocycles. The Morgan fingerprint density at radius 1 is 1.24 bits per heavy atom. The molecule has 1 saturated heterocycles. The van der Waals surface area contributed by atoms with Gasteiger partial charge in [0.2, 0.25) is 0 Å². The fourth-order valence-electron chi connectivity index (χ4n) is 2.26. The number of carbonyl (C=O) groups excluding carboxylic acids is 1. The lowest BCUT2D eigenvalue weighted by Gasteiger charge is -2.35. The maximum Gasteiger partial charge on any atom is 0.253 e. The molecule has 1 fully saturated rings. The van der Waals surface area contributed by atoms with Crippen molar-refractivity contribution in [3.05, 3.63) is 29.8 Å². The maximum absolute atomic E-state index is 12.2. The molecule has 0 saturated carbocycles. The smallest absolute Gasteiger partial charge is 0.253 e. The third-order valence-electron chi connectivity index (χ3n) is 3.78. The highest BCUT2D eigenvalue weighted by Crippen LogP contribution is 2.23. The van der Waals surface area contributed by atoms with E-state index in [-0.39, 0.29) is 5.91 Å². The van der Waals surface area contributed by atoms with Gasteiger partial charge in [0.15, 0.2) is 0 Å². The molecule has 1 heterocycles. The third kappa shape index (κ3) is 2.60. The van der Waals surface area contributed by atoms with Crippen LogP contribution in [0.5, 0.6) is 0 Å². The van der Waals surface area contributed by atoms with Crippen LogP contribution < -0.4 is 5.73 Å². The number of nitrogens with zero attached hydrogens (tertiary/aromatic N) is 1. The van der Waals surface area contributed by atoms with Gasteiger partial charge in [0.25, 0.3) is 5.91 Å². The summed E-state index contributed by atoms with van der Waals surface area (Å²) in [7, 11) is 0. The number of benzene rings is 1. The summed E-state index contributed by atoms with van der Waals surface area (Å²) >= 11 is 0. The maximum atomic E-state index is 12.2. The third-order valence-corrected chi connectivity index (χ3v) is 3.78. The van der Waals surface area contributed by atoms with Crippen molar-refractivity contribution in [2.45, 2.75) is 20.3 Å². The van der Waals surface area contributed by atoms with Gasteiger partial charge in [-0.2, -0.15) is 0 Å². The van der Waals surface area contributed by atoms with E-state index in [0.717, 1.165) is 25.1 Å². The van der Waals surface area contributed by atoms with Crippen LogP contribution >= 0.6 is 0 Å². The molecular weight excluding hydrogens is 212 g/mol. The Morgan fingerprint density at radius 2 is 1.88 bits per heavy atom. The van der Waals surface area contributed by atoms with E-state index < -0.39 is 0 Å². The van der Waals surface area contributed by atoms with Gasteiger partial charge in [-0.05, 0) is 42.5 Å². The molecule has 17 heavy (non-hydrogen) atoms. The second kappa shape index (κ2) is 4.78. The second-order valence-electron chi connectivity index (χ2n) is 5.12. The van der Waals surface area contributed by atoms with E-state index in [1.807, 2.05) is 4.90 Å². The van der Waals surface area contributed by atoms with E-state index in [9.17, 15) is 4.79 Å². The summed E-state index contributed by atoms with van der Waals surface area (Å²) < 4.78 is 0. The summed E-state index contributed by atoms with van der Waals surface area (Å²) in [6.45, 7) is 6.21. The number of anilines is 1. The SMILES string of the molecule is CC1CCN(C(=O)c2ccc(N)cc2)CC1C. The van der Waals surface area contributed by atoms with Crippen molar-refractivity contribution in [1.29, 1.82) is 0 Å². The van der Waals surface area contributed by atoms with Crippen molar-refractivity contribution < 1.29 is 4.79 Å². The Balaban J connectivity index is 2.08. The Labute approximate surface area is 103 Å². The van der Waals surface area contributed by atoms with Crippen LogP contribution in [0.2, 0.25) is 0 Å². The van der Waals surface area contributed by atoms with Gasteiger partial charge in [-0.25, -0.2) is 0 Å². The number of carbonyl (C=O) groups is 1. The summed E-state index contributed by atoms with van der Waals surface area (Å²) in [6.07, 6.45) is 1.10. The van der Waals surface area contributed by atoms with Crippen molar-refractivity contribution in [2.24, 2.45) is 11.8 Å². The summed E-state index contributed by atoms with van der Waals surface area (Å²) in [5.74, 6) is 1.43. The van der Waals surface area contributed by atoms with Gasteiger partial charge in [0.1, 0.15) is 0 Å². The van der Waals surface area contributed by atoms with Gasteiger partial charge < -0.3 is 10.6 Å². The lowest BCUT2D eigenvalue weighted by molar-refractivity contribution is 0.0627. The molecule has 2 N–H and O–H groups in total. The Kier molecular flexibility index (Phi) is 3.36. The van der Waals surface area contributed by atoms with E-state index in [1.54, 1.807) is 24.3 Å². The largest absolute Gasteiger partial charge is 0.399 e. The first-order valence-electron chi connectivity index (χ1n) is 6.22. The highest BCUT2D eigenvalue weighted by Gasteiger charge is 2.26. The first-order valence-corrected chi connectivity index (χ1v) is 6.22. The summed E-state index contributed by atoms with van der Waals surface area (Å²) in [4.78, 5) is 14.2. The minimum absolute atomic E-state index is 0.128. The molecule has 3 nitrogen and oxygen atoms in total. The minimum Gasteiger partial charge on any atom is -0.399 e. The van der Waals surface area contributed by atoms with Crippen LogP contribution in [0.15, 0.2) is 24.3 Å². The van der Waals surface area contributed by atoms with Gasteiger partial charge in [-0.3, -0.25) is 4.79 Å². The molecule has 1 amide bonds. The molecule has 0 aliphatic carbocycles. The fourth-order valence-corrected chi connectivity index (χ4v) is 2.26. The number of nitrogens with two attached hydrogens (primary N) is 1. The second-order valence-corrected chi connectivity index (χ2v) is 5.12. The Hall–Kier alpha value is -1.51. The van der Waals surface area contributed by atoms with E-state index in [4.69, 9.17) is 5.73 Å². The lowest BCUT2D eigenvalue weighted by atomic mass is 9.88. The molecule has 1 aromatic carbocycles. The fraction of sp³-hybridized carbons (Fsp3) is 0.500. The van der Waals surface area contributed by atoms with Crippen LogP contribution in [-0.4, -0.2) is 23.9 Å². The topological polar surface area (TPSA) is 46.3 Å². The van der Waals surface area contributed by atoms with Crippen LogP contribution in [0.1, 0.15) is 30.6 Å². The van der Waals surface area contributed by atoms with Crippen molar-refractivity contribution in [2.75, 3.05) is 18.8 Å². The van der Waals surface area contributed by atoms with Crippen molar-refractivity contribution in [3.63, 3.8) is 0 Å². The van der Waals surface area contributed by atoms with Crippen LogP contribution in [0, 0.1) is 11.8 Å². The van der Waals surface area contributed by atoms with Crippen molar-refractivity contribution in [3.8, 4) is 0 Å². The zero-order valence-corrected chi connectivity index (χ0v) is 10.5. The molecule has 0 spiro atoms. The van der Waals surface area contributed by atoms with Crippen LogP contribution in [0.4, 0.5) is 5.69 Å². The molecule has 0 aromatic heterocycles. The molecule has 92 valence electrons. The first-order chi connectivity index (χ1) is 8.08. The van der Waals surface area contributed by atoms with Crippen LogP contribution in [0.25, 0.3) is 0 Å². The van der Waals surface area contributed by atoms with Gasteiger partial charge in [0, 0.05) is 24.3 Å². The Bertz CT molecular complexity index is 399. The van der Waals surface area contributed by atoms with Gasteiger partial charge >= 0.3 is 0 Å². The van der Waals surface area contributed by atoms with E-state index >= 15 is 0 Å². The zero-order chi connectivity index (χ0) is 12.4. The van der Waals surface area contributed by atoms with E-state index in [0.29, 0.717) is 17.5 Å². The van der Waals surface area contributed by atoms with E-state index in [1.165, 1.54) is 0 Å². The van der Waals surface area contributed by atoms with Crippen LogP contribution in [0.3, 0.4) is 0 Å². The summed E-state index contributed by atoms with van der Waals surface area (Å²) in [6, 6.07) is 7.17. The average Bonchev–Trinajstić information content (AvgIpc) is 2.33. The Morgan fingerprint density at radius 3 is 2.47 bits per heavy atom. The predicted octanol–water partition coefficient (Wildman–Crippen LogP) is 2.39. The summed E-state index contributed by atoms with van der Waals surface area (Å²) in [5, 5.41) is 0. The van der Waals surface area contributed by atoms with E-state index in [2.05, 4.69) is 13.8 Å². The van der Waals surface area contributed by atoms with Gasteiger partial charge in [-0.1, -0.05) is 13.8 Å². The normalized spacial score (nSPS) is 24.7. The number of piperidine rings is 1. The molecule has 0 bridgehead atoms. The monoisotopic (exact) mass is 232 g/mol. The van der Waals surface area contributed by atoms with Crippen molar-refractivity contribution in [1.82, 2.24) is 4.90 Å². The number of hydrogen-bond acceptors (Lipinski definition) is 2. The number of nitrogen functional groups attached to an aromatic ring is 1. The lowest BCUT2D eigenvalue weighted by Crippen LogP contribution is -2.42. The molecule has 2 atom stereocenters. The van der Waals surface area contributed by atoms with Gasteiger partial charge in [0.05, 0.1) is 0 Å². The van der Waals surface area contributed by atoms with Crippen molar-refractivity contribution >= 4 is 11.6 Å².